The molecule has 0 amide bonds. The largest absolute Gasteiger partial charge is 0.0622 e. The molecule has 0 aliphatic carbocycles. The lowest BCUT2D eigenvalue weighted by Gasteiger charge is -2.05. The third-order valence-corrected chi connectivity index (χ3v) is 2.79. The van der Waals surface area contributed by atoms with Gasteiger partial charge in [-0.05, 0) is 36.5 Å². The number of hydrogen-bond donors (Lipinski definition) is 0. The van der Waals surface area contributed by atoms with Crippen LogP contribution in [-0.2, 0) is 12.8 Å². The molecule has 0 nitrogen and oxygen atoms in total. The Morgan fingerprint density at radius 2 is 1.40 bits per heavy atom. The van der Waals surface area contributed by atoms with E-state index in [0.717, 1.165) is 12.8 Å². The maximum Gasteiger partial charge on any atom is -0.0236 e. The molecule has 0 aliphatic heterocycles. The number of rotatable bonds is 3. The van der Waals surface area contributed by atoms with Gasteiger partial charge in [-0.2, -0.15) is 0 Å². The zero-order chi connectivity index (χ0) is 10.5. The van der Waals surface area contributed by atoms with Gasteiger partial charge in [-0.1, -0.05) is 54.6 Å². The normalized spacial score (nSPS) is 10.2. The fraction of sp³-hybridized carbons (Fsp3) is 0.200. The molecule has 2 rings (SSSR count). The lowest BCUT2D eigenvalue weighted by molar-refractivity contribution is 0.949. The Kier molecular flexibility index (Phi) is 3.18. The molecule has 0 spiro atoms. The third kappa shape index (κ3) is 2.69. The van der Waals surface area contributed by atoms with E-state index in [1.54, 1.807) is 0 Å². The van der Waals surface area contributed by atoms with Crippen LogP contribution in [0.4, 0.5) is 0 Å². The summed E-state index contributed by atoms with van der Waals surface area (Å²) in [7, 11) is 0. The minimum atomic E-state index is 1.13. The highest BCUT2D eigenvalue weighted by Crippen LogP contribution is 2.11. The van der Waals surface area contributed by atoms with Gasteiger partial charge in [-0.25, -0.2) is 0 Å². The zero-order valence-electron chi connectivity index (χ0n) is 9.11. The molecule has 0 atom stereocenters. The molecule has 15 heavy (non-hydrogen) atoms. The van der Waals surface area contributed by atoms with Crippen LogP contribution >= 0.6 is 0 Å². The fourth-order valence-corrected chi connectivity index (χ4v) is 1.81. The Hall–Kier alpha value is -1.56. The SMILES string of the molecule is Cc1ccccc1CCc1ccccc1. The van der Waals surface area contributed by atoms with Gasteiger partial charge < -0.3 is 0 Å². The standard InChI is InChI=1S/C15H16/c1-13-7-5-6-10-15(13)12-11-14-8-3-2-4-9-14/h2-10H,11-12H2,1H3. The van der Waals surface area contributed by atoms with Crippen molar-refractivity contribution in [2.24, 2.45) is 0 Å². The second kappa shape index (κ2) is 4.79. The predicted molar refractivity (Wildman–Crippen MR) is 65.0 cm³/mol. The van der Waals surface area contributed by atoms with E-state index < -0.39 is 0 Å². The molecule has 2 aromatic rings. The van der Waals surface area contributed by atoms with Gasteiger partial charge in [0.15, 0.2) is 0 Å². The first-order valence-electron chi connectivity index (χ1n) is 5.45. The first-order valence-corrected chi connectivity index (χ1v) is 5.45. The summed E-state index contributed by atoms with van der Waals surface area (Å²) in [4.78, 5) is 0. The Bertz CT molecular complexity index is 415. The molecule has 0 aliphatic rings. The first kappa shape index (κ1) is 9.97. The minimum absolute atomic E-state index is 1.13. The highest BCUT2D eigenvalue weighted by Gasteiger charge is 1.97. The van der Waals surface area contributed by atoms with Gasteiger partial charge in [0, 0.05) is 0 Å². The van der Waals surface area contributed by atoms with Crippen LogP contribution in [0.5, 0.6) is 0 Å². The van der Waals surface area contributed by atoms with Gasteiger partial charge in [0.25, 0.3) is 0 Å². The van der Waals surface area contributed by atoms with E-state index in [1.807, 2.05) is 0 Å². The molecule has 0 bridgehead atoms. The van der Waals surface area contributed by atoms with Gasteiger partial charge in [0.2, 0.25) is 0 Å². The van der Waals surface area contributed by atoms with Crippen molar-refractivity contribution >= 4 is 0 Å². The van der Waals surface area contributed by atoms with E-state index in [2.05, 4.69) is 61.5 Å². The average Bonchev–Trinajstić information content (AvgIpc) is 2.29. The average molecular weight is 196 g/mol. The summed E-state index contributed by atoms with van der Waals surface area (Å²) >= 11 is 0. The van der Waals surface area contributed by atoms with Crippen LogP contribution in [0.3, 0.4) is 0 Å². The van der Waals surface area contributed by atoms with Gasteiger partial charge in [0.05, 0.1) is 0 Å². The van der Waals surface area contributed by atoms with E-state index in [4.69, 9.17) is 0 Å². The lowest BCUT2D eigenvalue weighted by Crippen LogP contribution is -1.93. The smallest absolute Gasteiger partial charge is 0.0236 e. The van der Waals surface area contributed by atoms with Crippen molar-refractivity contribution in [1.82, 2.24) is 0 Å². The van der Waals surface area contributed by atoms with E-state index in [0.29, 0.717) is 0 Å². The predicted octanol–water partition coefficient (Wildman–Crippen LogP) is 3.78. The van der Waals surface area contributed by atoms with Gasteiger partial charge in [-0.3, -0.25) is 0 Å². The summed E-state index contributed by atoms with van der Waals surface area (Å²) in [5.74, 6) is 0. The van der Waals surface area contributed by atoms with Crippen LogP contribution in [0, 0.1) is 6.92 Å². The number of hydrogen-bond acceptors (Lipinski definition) is 0. The highest BCUT2D eigenvalue weighted by molar-refractivity contribution is 5.27. The van der Waals surface area contributed by atoms with Gasteiger partial charge in [0.1, 0.15) is 0 Å². The van der Waals surface area contributed by atoms with Crippen molar-refractivity contribution in [3.63, 3.8) is 0 Å². The molecule has 0 saturated carbocycles. The van der Waals surface area contributed by atoms with Crippen molar-refractivity contribution < 1.29 is 0 Å². The second-order valence-corrected chi connectivity index (χ2v) is 3.91. The molecule has 0 saturated heterocycles. The van der Waals surface area contributed by atoms with E-state index in [9.17, 15) is 0 Å². The molecule has 0 radical (unpaired) electrons. The molecule has 2 aromatic carbocycles. The molecule has 76 valence electrons. The van der Waals surface area contributed by atoms with Crippen LogP contribution in [0.2, 0.25) is 0 Å². The van der Waals surface area contributed by atoms with E-state index in [1.165, 1.54) is 16.7 Å². The van der Waals surface area contributed by atoms with Gasteiger partial charge in [-0.15, -0.1) is 0 Å². The Morgan fingerprint density at radius 3 is 2.13 bits per heavy atom. The second-order valence-electron chi connectivity index (χ2n) is 3.91. The maximum atomic E-state index is 2.22. The molecule has 0 fully saturated rings. The van der Waals surface area contributed by atoms with Crippen molar-refractivity contribution in [2.75, 3.05) is 0 Å². The van der Waals surface area contributed by atoms with Crippen molar-refractivity contribution in [1.29, 1.82) is 0 Å². The van der Waals surface area contributed by atoms with Crippen molar-refractivity contribution in [3.05, 3.63) is 71.3 Å². The summed E-state index contributed by atoms with van der Waals surface area (Å²) in [6, 6.07) is 19.3. The van der Waals surface area contributed by atoms with Crippen LogP contribution < -0.4 is 0 Å². The van der Waals surface area contributed by atoms with E-state index >= 15 is 0 Å². The summed E-state index contributed by atoms with van der Waals surface area (Å²) in [5, 5.41) is 0. The van der Waals surface area contributed by atoms with Crippen molar-refractivity contribution in [2.45, 2.75) is 19.8 Å². The topological polar surface area (TPSA) is 0 Å². The molecule has 0 N–H and O–H groups in total. The van der Waals surface area contributed by atoms with Crippen molar-refractivity contribution in [3.8, 4) is 0 Å². The first-order chi connectivity index (χ1) is 7.36. The Labute approximate surface area is 91.6 Å². The van der Waals surface area contributed by atoms with Crippen LogP contribution in [0.1, 0.15) is 16.7 Å². The van der Waals surface area contributed by atoms with E-state index in [-0.39, 0.29) is 0 Å². The monoisotopic (exact) mass is 196 g/mol. The summed E-state index contributed by atoms with van der Waals surface area (Å²) < 4.78 is 0. The summed E-state index contributed by atoms with van der Waals surface area (Å²) in [6.07, 6.45) is 2.27. The molecule has 0 heteroatoms. The van der Waals surface area contributed by atoms with Crippen LogP contribution in [0.15, 0.2) is 54.6 Å². The number of benzene rings is 2. The fourth-order valence-electron chi connectivity index (χ4n) is 1.81. The quantitative estimate of drug-likeness (QED) is 0.700. The van der Waals surface area contributed by atoms with Crippen LogP contribution in [-0.4, -0.2) is 0 Å². The molecule has 0 aromatic heterocycles. The lowest BCUT2D eigenvalue weighted by atomic mass is 10.0. The Morgan fingerprint density at radius 1 is 0.733 bits per heavy atom. The summed E-state index contributed by atoms with van der Waals surface area (Å²) in [6.45, 7) is 2.18. The molecule has 0 heterocycles. The third-order valence-electron chi connectivity index (χ3n) is 2.79. The minimum Gasteiger partial charge on any atom is -0.0622 e. The highest BCUT2D eigenvalue weighted by atomic mass is 14.0. The molecular formula is C15H16. The van der Waals surface area contributed by atoms with Crippen LogP contribution in [0.25, 0.3) is 0 Å². The zero-order valence-corrected chi connectivity index (χ0v) is 9.11. The summed E-state index contributed by atoms with van der Waals surface area (Å²) in [5.41, 5.74) is 4.27. The molecular weight excluding hydrogens is 180 g/mol. The number of aryl methyl sites for hydroxylation is 3. The Balaban J connectivity index is 2.03. The molecule has 0 unspecified atom stereocenters. The maximum absolute atomic E-state index is 2.22. The van der Waals surface area contributed by atoms with Gasteiger partial charge >= 0.3 is 0 Å².